The summed E-state index contributed by atoms with van der Waals surface area (Å²) in [5, 5.41) is 20.4. The monoisotopic (exact) mass is 857 g/mol. The minimum Gasteiger partial charge on any atom is -0.550 e. The largest absolute Gasteiger partial charge is 2.00 e. The summed E-state index contributed by atoms with van der Waals surface area (Å²) in [6, 6.07) is 0. The zero-order valence-electron chi connectivity index (χ0n) is 36.8. The van der Waals surface area contributed by atoms with Crippen LogP contribution >= 0.6 is 0 Å². The zero-order chi connectivity index (χ0) is 39.4. The minimum atomic E-state index is -0.905. The van der Waals surface area contributed by atoms with Gasteiger partial charge in [0.2, 0.25) is 0 Å². The molecule has 0 unspecified atom stereocenters. The summed E-state index contributed by atoms with van der Waals surface area (Å²) < 4.78 is 0. The average Bonchev–Trinajstić information content (AvgIpc) is 3.13. The van der Waals surface area contributed by atoms with Crippen molar-refractivity contribution in [3.05, 3.63) is 13.8 Å². The molecule has 0 heterocycles. The second kappa shape index (κ2) is 63.7. The van der Waals surface area contributed by atoms with Crippen molar-refractivity contribution < 1.29 is 19.8 Å². The molecular weight excluding hydrogens is 759 g/mol. The molecule has 0 aromatic carbocycles. The van der Waals surface area contributed by atoms with Crippen LogP contribution in [0.15, 0.2) is 0 Å². The molecule has 0 spiro atoms. The van der Waals surface area contributed by atoms with Gasteiger partial charge in [-0.25, -0.2) is 0 Å². The van der Waals surface area contributed by atoms with Gasteiger partial charge >= 0.3 is 23.9 Å². The molecule has 5 heteroatoms. The van der Waals surface area contributed by atoms with Gasteiger partial charge in [-0.2, -0.15) is 0 Å². The van der Waals surface area contributed by atoms with Crippen molar-refractivity contribution >= 4 is 35.8 Å². The Kier molecular flexibility index (Phi) is 74.4. The predicted molar refractivity (Wildman–Crippen MR) is 234 cm³/mol. The maximum atomic E-state index is 10.2. The van der Waals surface area contributed by atoms with E-state index >= 15 is 0 Å². The zero-order valence-corrected chi connectivity index (χ0v) is 39.7. The Hall–Kier alpha value is -0.261. The van der Waals surface area contributed by atoms with E-state index in [1.807, 2.05) is 0 Å². The maximum Gasteiger partial charge on any atom is 2.00 e. The Morgan fingerprint density at radius 1 is 0.302 bits per heavy atom. The van der Waals surface area contributed by atoms with E-state index in [4.69, 9.17) is 0 Å². The van der Waals surface area contributed by atoms with Gasteiger partial charge in [-0.15, -0.1) is 0 Å². The second-order valence-corrected chi connectivity index (χ2v) is 15.3. The molecule has 0 aliphatic heterocycles. The summed E-state index contributed by atoms with van der Waals surface area (Å²) >= 11 is 0. The third kappa shape index (κ3) is 81.1. The van der Waals surface area contributed by atoms with Crippen LogP contribution in [0.3, 0.4) is 0 Å². The Morgan fingerprint density at radius 3 is 0.604 bits per heavy atom. The number of hydrogen-bond donors (Lipinski definition) is 0. The van der Waals surface area contributed by atoms with Gasteiger partial charge in [0.1, 0.15) is 0 Å². The molecule has 0 saturated carbocycles. The number of aliphatic carboxylic acids is 2. The van der Waals surface area contributed by atoms with E-state index in [0.717, 1.165) is 38.5 Å². The summed E-state index contributed by atoms with van der Waals surface area (Å²) in [6.07, 6.45) is 49.8. The van der Waals surface area contributed by atoms with Gasteiger partial charge in [0.05, 0.1) is 0 Å². The van der Waals surface area contributed by atoms with Crippen molar-refractivity contribution in [1.82, 2.24) is 0 Å². The van der Waals surface area contributed by atoms with Crippen LogP contribution in [0.25, 0.3) is 0 Å². The average molecular weight is 856 g/mol. The summed E-state index contributed by atoms with van der Waals surface area (Å²) in [4.78, 5) is 20.4. The van der Waals surface area contributed by atoms with Gasteiger partial charge in [-0.05, 0) is 25.7 Å². The van der Waals surface area contributed by atoms with Crippen LogP contribution in [-0.2, 0) is 9.59 Å². The van der Waals surface area contributed by atoms with Crippen molar-refractivity contribution in [3.63, 3.8) is 0 Å². The van der Waals surface area contributed by atoms with Gasteiger partial charge in [0.25, 0.3) is 0 Å². The molecule has 0 N–H and O–H groups in total. The maximum absolute atomic E-state index is 10.2. The molecule has 0 saturated heterocycles. The van der Waals surface area contributed by atoms with Crippen LogP contribution in [0, 0.1) is 13.8 Å². The van der Waals surface area contributed by atoms with E-state index in [0.29, 0.717) is 0 Å². The van der Waals surface area contributed by atoms with Crippen molar-refractivity contribution in [1.29, 1.82) is 0 Å². The molecule has 0 atom stereocenters. The third-order valence-electron chi connectivity index (χ3n) is 9.68. The van der Waals surface area contributed by atoms with E-state index in [2.05, 4.69) is 41.5 Å². The first-order chi connectivity index (χ1) is 25.4. The third-order valence-corrected chi connectivity index (χ3v) is 9.68. The number of carbonyl (C=O) groups is 2. The van der Waals surface area contributed by atoms with Gasteiger partial charge < -0.3 is 19.8 Å². The number of carboxylic acids is 2. The Balaban J connectivity index is -0.000000205. The van der Waals surface area contributed by atoms with Crippen molar-refractivity contribution in [2.75, 3.05) is 0 Å². The topological polar surface area (TPSA) is 80.3 Å². The number of unbranched alkanes of at least 4 members (excludes halogenated alkanes) is 34. The molecule has 0 aliphatic rings. The van der Waals surface area contributed by atoms with Crippen LogP contribution in [0.1, 0.15) is 285 Å². The normalized spacial score (nSPS) is 10.2. The van der Waals surface area contributed by atoms with E-state index in [1.54, 1.807) is 0 Å². The number of rotatable bonds is 38. The first kappa shape index (κ1) is 61.9. The summed E-state index contributed by atoms with van der Waals surface area (Å²) in [5.74, 6) is -1.81. The Labute approximate surface area is 352 Å². The molecule has 0 amide bonds. The first-order valence-electron chi connectivity index (χ1n) is 23.4. The molecule has 0 bridgehead atoms. The smallest absolute Gasteiger partial charge is 0.550 e. The van der Waals surface area contributed by atoms with E-state index < -0.39 is 11.9 Å². The summed E-state index contributed by atoms with van der Waals surface area (Å²) in [5.41, 5.74) is 0. The molecule has 53 heavy (non-hydrogen) atoms. The minimum absolute atomic E-state index is 0. The molecular formula is C48H96O4Sn. The van der Waals surface area contributed by atoms with Crippen molar-refractivity contribution in [2.45, 2.75) is 285 Å². The second-order valence-electron chi connectivity index (χ2n) is 15.3. The molecule has 4 radical (unpaired) electrons. The van der Waals surface area contributed by atoms with Crippen LogP contribution in [-0.4, -0.2) is 35.8 Å². The standard InChI is InChI=1S/2C16H32O2.2C8H17.Sn/c2*1-2-3-4-5-6-7-8-9-10-11-12-13-14-15-16(17)18;2*1-3-5-7-8-6-4-2;/h2*2-15H2,1H3,(H,17,18);2*1,3-8H2,2H3;/q;;;;+2/p-2. The number of carbonyl (C=O) groups excluding carboxylic acids is 2. The molecule has 4 nitrogen and oxygen atoms in total. The summed E-state index contributed by atoms with van der Waals surface area (Å²) in [7, 11) is 0. The Morgan fingerprint density at radius 2 is 0.453 bits per heavy atom. The predicted octanol–water partition coefficient (Wildman–Crippen LogP) is 14.4. The summed E-state index contributed by atoms with van der Waals surface area (Å²) in [6.45, 7) is 16.6. The molecule has 0 aliphatic carbocycles. The van der Waals surface area contributed by atoms with Gasteiger partial charge in [0.15, 0.2) is 0 Å². The van der Waals surface area contributed by atoms with Gasteiger partial charge in [0, 0.05) is 11.9 Å². The molecule has 0 aromatic rings. The fourth-order valence-electron chi connectivity index (χ4n) is 6.13. The quantitative estimate of drug-likeness (QED) is 0.0458. The SMILES string of the molecule is CCCCCCCCCCCCCCCC(=O)[O-].CCCCCCCCCCCCCCCC(=O)[O-].[CH2]CCCCCCC.[CH2]CCCCCCC.[Sn+2]. The number of carboxylic acid groups (broad SMARTS) is 2. The Bertz CT molecular complexity index is 548. The van der Waals surface area contributed by atoms with Crippen molar-refractivity contribution in [3.8, 4) is 0 Å². The van der Waals surface area contributed by atoms with E-state index in [-0.39, 0.29) is 36.7 Å². The van der Waals surface area contributed by atoms with Crippen LogP contribution in [0.5, 0.6) is 0 Å². The number of hydrogen-bond acceptors (Lipinski definition) is 4. The van der Waals surface area contributed by atoms with E-state index in [1.165, 1.54) is 205 Å². The van der Waals surface area contributed by atoms with Crippen molar-refractivity contribution in [2.24, 2.45) is 0 Å². The molecule has 316 valence electrons. The van der Waals surface area contributed by atoms with E-state index in [9.17, 15) is 19.8 Å². The fourth-order valence-corrected chi connectivity index (χ4v) is 6.13. The van der Waals surface area contributed by atoms with Crippen LogP contribution in [0.2, 0.25) is 0 Å². The van der Waals surface area contributed by atoms with Crippen LogP contribution in [0.4, 0.5) is 0 Å². The fraction of sp³-hybridized carbons (Fsp3) is 0.917. The van der Waals surface area contributed by atoms with Gasteiger partial charge in [-0.1, -0.05) is 273 Å². The van der Waals surface area contributed by atoms with Gasteiger partial charge in [-0.3, -0.25) is 0 Å². The molecule has 0 fully saturated rings. The molecule has 0 rings (SSSR count). The van der Waals surface area contributed by atoms with Crippen LogP contribution < -0.4 is 10.2 Å². The first-order valence-corrected chi connectivity index (χ1v) is 23.4. The molecule has 0 aromatic heterocycles.